The first kappa shape index (κ1) is 24.3. The van der Waals surface area contributed by atoms with Gasteiger partial charge < -0.3 is 34.4 Å². The summed E-state index contributed by atoms with van der Waals surface area (Å²) >= 11 is 0. The van der Waals surface area contributed by atoms with Crippen molar-refractivity contribution in [2.45, 2.75) is 49.7 Å². The molecule has 190 valence electrons. The maximum atomic E-state index is 13.5. The molecule has 1 amide bonds. The summed E-state index contributed by atoms with van der Waals surface area (Å²) in [6.45, 7) is 2.08. The van der Waals surface area contributed by atoms with Gasteiger partial charge in [-0.25, -0.2) is 0 Å². The average molecular weight is 496 g/mol. The second-order valence-electron chi connectivity index (χ2n) is 9.29. The molecule has 0 radical (unpaired) electrons. The van der Waals surface area contributed by atoms with Crippen molar-refractivity contribution in [3.63, 3.8) is 0 Å². The van der Waals surface area contributed by atoms with Crippen LogP contribution in [0.4, 0.5) is 0 Å². The Labute approximate surface area is 208 Å². The number of fused-ring (bicyclic) bond motifs is 2. The van der Waals surface area contributed by atoms with Gasteiger partial charge in [-0.05, 0) is 24.6 Å². The number of hydrogen-bond acceptors (Lipinski definition) is 8. The molecule has 36 heavy (non-hydrogen) atoms. The third-order valence-electron chi connectivity index (χ3n) is 7.45. The zero-order valence-corrected chi connectivity index (χ0v) is 20.4. The van der Waals surface area contributed by atoms with Crippen LogP contribution >= 0.6 is 0 Å². The number of nitrogens with zero attached hydrogens (tertiary/aromatic N) is 1. The number of amides is 1. The van der Waals surface area contributed by atoms with Crippen molar-refractivity contribution in [3.05, 3.63) is 64.7 Å². The van der Waals surface area contributed by atoms with Crippen molar-refractivity contribution >= 4 is 17.4 Å². The molecule has 9 heteroatoms. The number of carbonyl (C=O) groups excluding carboxylic acids is 2. The van der Waals surface area contributed by atoms with Gasteiger partial charge in [0.15, 0.2) is 11.5 Å². The molecule has 0 saturated carbocycles. The van der Waals surface area contributed by atoms with Crippen molar-refractivity contribution in [3.8, 4) is 11.5 Å². The monoisotopic (exact) mass is 495 g/mol. The Morgan fingerprint density at radius 1 is 0.917 bits per heavy atom. The van der Waals surface area contributed by atoms with E-state index in [1.165, 1.54) is 26.4 Å². The Morgan fingerprint density at radius 2 is 1.61 bits per heavy atom. The molecule has 0 aromatic heterocycles. The van der Waals surface area contributed by atoms with Crippen LogP contribution in [0.1, 0.15) is 49.3 Å². The second-order valence-corrected chi connectivity index (χ2v) is 9.29. The van der Waals surface area contributed by atoms with Gasteiger partial charge in [0.25, 0.3) is 17.5 Å². The number of carbonyl (C=O) groups is 2. The highest BCUT2D eigenvalue weighted by molar-refractivity contribution is 6.48. The number of ketones is 1. The number of Topliss-reactive ketones (excluding diaryl/α,β-unsaturated/α-hetero) is 1. The first-order valence-corrected chi connectivity index (χ1v) is 12.0. The largest absolute Gasteiger partial charge is 0.493 e. The van der Waals surface area contributed by atoms with Gasteiger partial charge in [-0.3, -0.25) is 9.59 Å². The normalized spacial score (nSPS) is 25.6. The minimum atomic E-state index is -2.81. The molecule has 2 heterocycles. The predicted molar refractivity (Wildman–Crippen MR) is 128 cm³/mol. The molecule has 1 spiro atoms. The second kappa shape index (κ2) is 8.33. The van der Waals surface area contributed by atoms with Crippen LogP contribution in [0.3, 0.4) is 0 Å². The summed E-state index contributed by atoms with van der Waals surface area (Å²) in [5.74, 6) is -6.45. The summed E-state index contributed by atoms with van der Waals surface area (Å²) in [4.78, 5) is 28.0. The lowest BCUT2D eigenvalue weighted by Gasteiger charge is -2.45. The van der Waals surface area contributed by atoms with Crippen molar-refractivity contribution < 1.29 is 39.1 Å². The van der Waals surface area contributed by atoms with E-state index in [0.717, 1.165) is 24.2 Å². The zero-order valence-electron chi connectivity index (χ0n) is 20.4. The van der Waals surface area contributed by atoms with Gasteiger partial charge in [-0.15, -0.1) is 0 Å². The number of rotatable bonds is 8. The molecule has 2 aromatic rings. The van der Waals surface area contributed by atoms with Crippen molar-refractivity contribution in [2.24, 2.45) is 0 Å². The average Bonchev–Trinajstić information content (AvgIpc) is 3.35. The SMILES string of the molecule is CCCCCCN1C(=O)C(=O)C2=C(c3ccc(OC)c(OC)c3)O[C@]3(O)c4ccccc4C(O)(O)[C@]213. The number of ether oxygens (including phenoxy) is 3. The Kier molecular flexibility index (Phi) is 5.62. The van der Waals surface area contributed by atoms with Crippen LogP contribution in [0.25, 0.3) is 5.76 Å². The molecule has 1 fully saturated rings. The van der Waals surface area contributed by atoms with Crippen LogP contribution in [0.15, 0.2) is 48.0 Å². The molecule has 9 nitrogen and oxygen atoms in total. The standard InChI is InChI=1S/C27H29NO8/c1-4-5-6-9-14-28-24(30)22(29)21-23(16-12-13-19(34-2)20(15-16)35-3)36-27(33)18-11-8-7-10-17(18)26(31,32)25(21,27)28/h7-8,10-13,15,31-33H,4-6,9,14H2,1-3H3/t25-,27+/m0/s1. The van der Waals surface area contributed by atoms with E-state index >= 15 is 0 Å². The van der Waals surface area contributed by atoms with E-state index in [0.29, 0.717) is 23.5 Å². The van der Waals surface area contributed by atoms with Gasteiger partial charge in [-0.2, -0.15) is 0 Å². The molecule has 3 N–H and O–H groups in total. The van der Waals surface area contributed by atoms with Gasteiger partial charge in [0, 0.05) is 23.2 Å². The highest BCUT2D eigenvalue weighted by atomic mass is 16.6. The fourth-order valence-electron chi connectivity index (χ4n) is 5.85. The molecule has 0 unspecified atom stereocenters. The fraction of sp³-hybridized carbons (Fsp3) is 0.407. The molecular weight excluding hydrogens is 466 g/mol. The van der Waals surface area contributed by atoms with E-state index in [1.807, 2.05) is 6.92 Å². The quantitative estimate of drug-likeness (QED) is 0.289. The molecular formula is C27H29NO8. The van der Waals surface area contributed by atoms with Crippen molar-refractivity contribution in [1.29, 1.82) is 0 Å². The van der Waals surface area contributed by atoms with E-state index in [4.69, 9.17) is 14.2 Å². The van der Waals surface area contributed by atoms with Gasteiger partial charge in [0.05, 0.1) is 19.8 Å². The number of methoxy groups -OCH3 is 2. The number of hydrogen-bond donors (Lipinski definition) is 3. The van der Waals surface area contributed by atoms with Crippen LogP contribution in [0.2, 0.25) is 0 Å². The topological polar surface area (TPSA) is 126 Å². The smallest absolute Gasteiger partial charge is 0.296 e. The molecule has 3 aliphatic rings. The third kappa shape index (κ3) is 2.81. The summed E-state index contributed by atoms with van der Waals surface area (Å²) in [6, 6.07) is 10.9. The molecule has 2 aromatic carbocycles. The summed E-state index contributed by atoms with van der Waals surface area (Å²) in [7, 11) is 2.93. The van der Waals surface area contributed by atoms with Crippen LogP contribution < -0.4 is 9.47 Å². The van der Waals surface area contributed by atoms with E-state index < -0.39 is 28.8 Å². The van der Waals surface area contributed by atoms with Gasteiger partial charge in [0.1, 0.15) is 5.76 Å². The minimum Gasteiger partial charge on any atom is -0.493 e. The highest BCUT2D eigenvalue weighted by Gasteiger charge is 2.85. The molecule has 2 atom stereocenters. The Bertz CT molecular complexity index is 1280. The maximum absolute atomic E-state index is 13.5. The van der Waals surface area contributed by atoms with Gasteiger partial charge in [0.2, 0.25) is 11.3 Å². The maximum Gasteiger partial charge on any atom is 0.296 e. The molecule has 0 bridgehead atoms. The molecule has 2 aliphatic heterocycles. The first-order valence-electron chi connectivity index (χ1n) is 12.0. The number of likely N-dealkylation sites (tertiary alicyclic amines) is 1. The van der Waals surface area contributed by atoms with Gasteiger partial charge in [-0.1, -0.05) is 50.5 Å². The van der Waals surface area contributed by atoms with Crippen LogP contribution in [-0.2, 0) is 25.9 Å². The van der Waals surface area contributed by atoms with E-state index in [1.54, 1.807) is 30.3 Å². The lowest BCUT2D eigenvalue weighted by Crippen LogP contribution is -2.66. The van der Waals surface area contributed by atoms with Gasteiger partial charge >= 0.3 is 0 Å². The van der Waals surface area contributed by atoms with Crippen LogP contribution in [0.5, 0.6) is 11.5 Å². The number of benzene rings is 2. The summed E-state index contributed by atoms with van der Waals surface area (Å²) < 4.78 is 16.8. The van der Waals surface area contributed by atoms with Crippen LogP contribution in [-0.4, -0.2) is 58.2 Å². The highest BCUT2D eigenvalue weighted by Crippen LogP contribution is 2.67. The lowest BCUT2D eigenvalue weighted by molar-refractivity contribution is -0.312. The summed E-state index contributed by atoms with van der Waals surface area (Å²) in [5, 5.41) is 35.5. The summed E-state index contributed by atoms with van der Waals surface area (Å²) in [5.41, 5.74) is -2.22. The fourth-order valence-corrected chi connectivity index (χ4v) is 5.85. The van der Waals surface area contributed by atoms with E-state index in [2.05, 4.69) is 0 Å². The third-order valence-corrected chi connectivity index (χ3v) is 7.45. The molecule has 1 saturated heterocycles. The summed E-state index contributed by atoms with van der Waals surface area (Å²) in [6.07, 6.45) is 3.14. The zero-order chi connectivity index (χ0) is 25.9. The van der Waals surface area contributed by atoms with Crippen molar-refractivity contribution in [1.82, 2.24) is 4.90 Å². The number of aliphatic hydroxyl groups is 3. The predicted octanol–water partition coefficient (Wildman–Crippen LogP) is 2.17. The lowest BCUT2D eigenvalue weighted by atomic mass is 9.78. The Balaban J connectivity index is 1.77. The first-order chi connectivity index (χ1) is 17.2. The molecule has 1 aliphatic carbocycles. The van der Waals surface area contributed by atoms with E-state index in [-0.39, 0.29) is 29.0 Å². The number of unbranched alkanes of at least 4 members (excludes halogenated alkanes) is 3. The van der Waals surface area contributed by atoms with Crippen molar-refractivity contribution in [2.75, 3.05) is 20.8 Å². The van der Waals surface area contributed by atoms with E-state index in [9.17, 15) is 24.9 Å². The minimum absolute atomic E-state index is 0.0302. The Hall–Kier alpha value is -3.40. The Morgan fingerprint density at radius 3 is 2.28 bits per heavy atom. The molecule has 5 rings (SSSR count). The van der Waals surface area contributed by atoms with Crippen LogP contribution in [0, 0.1) is 0 Å².